The Labute approximate surface area is 97.6 Å². The topological polar surface area (TPSA) is 70.6 Å². The van der Waals surface area contributed by atoms with Gasteiger partial charge in [-0.1, -0.05) is 0 Å². The van der Waals surface area contributed by atoms with E-state index in [1.807, 2.05) is 20.8 Å². The molecule has 0 aromatic heterocycles. The van der Waals surface area contributed by atoms with Crippen LogP contribution < -0.4 is 10.6 Å². The molecule has 96 valence electrons. The van der Waals surface area contributed by atoms with Gasteiger partial charge in [-0.2, -0.15) is 0 Å². The molecule has 1 amide bonds. The molecule has 3 N–H and O–H groups in total. The predicted molar refractivity (Wildman–Crippen MR) is 63.3 cm³/mol. The van der Waals surface area contributed by atoms with E-state index in [0.29, 0.717) is 26.1 Å². The van der Waals surface area contributed by atoms with Gasteiger partial charge in [0, 0.05) is 26.6 Å². The van der Waals surface area contributed by atoms with Crippen molar-refractivity contribution in [3.63, 3.8) is 0 Å². The molecule has 0 bridgehead atoms. The lowest BCUT2D eigenvalue weighted by Gasteiger charge is -2.22. The lowest BCUT2D eigenvalue weighted by Crippen LogP contribution is -2.35. The number of aliphatic hydroxyl groups is 1. The average Bonchev–Trinajstić information content (AvgIpc) is 2.20. The Morgan fingerprint density at radius 1 is 1.44 bits per heavy atom. The minimum atomic E-state index is -0.538. The van der Waals surface area contributed by atoms with Gasteiger partial charge in [-0.25, -0.2) is 0 Å². The normalized spacial score (nSPS) is 13.6. The van der Waals surface area contributed by atoms with Crippen molar-refractivity contribution in [2.75, 3.05) is 26.7 Å². The monoisotopic (exact) mass is 232 g/mol. The second-order valence-electron chi connectivity index (χ2n) is 4.70. The molecular formula is C11H24N2O3. The van der Waals surface area contributed by atoms with Gasteiger partial charge >= 0.3 is 0 Å². The molecule has 16 heavy (non-hydrogen) atoms. The smallest absolute Gasteiger partial charge is 0.221 e. The molecule has 1 unspecified atom stereocenters. The van der Waals surface area contributed by atoms with Crippen molar-refractivity contribution in [2.24, 2.45) is 0 Å². The first-order chi connectivity index (χ1) is 7.35. The van der Waals surface area contributed by atoms with Crippen LogP contribution >= 0.6 is 0 Å². The van der Waals surface area contributed by atoms with E-state index in [9.17, 15) is 9.90 Å². The van der Waals surface area contributed by atoms with Crippen molar-refractivity contribution in [3.05, 3.63) is 0 Å². The number of hydrogen-bond acceptors (Lipinski definition) is 4. The van der Waals surface area contributed by atoms with E-state index in [-0.39, 0.29) is 11.5 Å². The predicted octanol–water partition coefficient (Wildman–Crippen LogP) is -0.112. The minimum absolute atomic E-state index is 0.00655. The van der Waals surface area contributed by atoms with Gasteiger partial charge in [-0.15, -0.1) is 0 Å². The molecule has 0 heterocycles. The van der Waals surface area contributed by atoms with Gasteiger partial charge in [0.25, 0.3) is 0 Å². The van der Waals surface area contributed by atoms with Crippen LogP contribution in [0.25, 0.3) is 0 Å². The van der Waals surface area contributed by atoms with Crippen LogP contribution in [0, 0.1) is 0 Å². The molecule has 1 atom stereocenters. The number of amides is 1. The Hall–Kier alpha value is -0.650. The van der Waals surface area contributed by atoms with Crippen molar-refractivity contribution in [2.45, 2.75) is 38.9 Å². The third kappa shape index (κ3) is 9.89. The lowest BCUT2D eigenvalue weighted by molar-refractivity contribution is -0.120. The Morgan fingerprint density at radius 2 is 2.06 bits per heavy atom. The van der Waals surface area contributed by atoms with E-state index in [2.05, 4.69) is 10.6 Å². The highest BCUT2D eigenvalue weighted by molar-refractivity contribution is 5.75. The second kappa shape index (κ2) is 7.60. The van der Waals surface area contributed by atoms with E-state index >= 15 is 0 Å². The molecule has 0 radical (unpaired) electrons. The summed E-state index contributed by atoms with van der Waals surface area (Å²) in [6.45, 7) is 7.13. The van der Waals surface area contributed by atoms with Gasteiger partial charge in [0.05, 0.1) is 18.3 Å². The molecule has 0 rings (SSSR count). The van der Waals surface area contributed by atoms with Gasteiger partial charge in [-0.05, 0) is 20.8 Å². The van der Waals surface area contributed by atoms with Crippen molar-refractivity contribution in [1.29, 1.82) is 0 Å². The Balaban J connectivity index is 3.44. The molecular weight excluding hydrogens is 208 g/mol. The van der Waals surface area contributed by atoms with Crippen molar-refractivity contribution >= 4 is 5.91 Å². The third-order valence-electron chi connectivity index (χ3n) is 1.90. The first-order valence-electron chi connectivity index (χ1n) is 5.58. The highest BCUT2D eigenvalue weighted by Gasteiger charge is 2.13. The molecule has 0 fully saturated rings. The number of carbonyl (C=O) groups excluding carboxylic acids is 1. The first-order valence-corrected chi connectivity index (χ1v) is 5.58. The van der Waals surface area contributed by atoms with Gasteiger partial charge in [0.2, 0.25) is 5.91 Å². The molecule has 0 aliphatic carbocycles. The Morgan fingerprint density at radius 3 is 2.56 bits per heavy atom. The third-order valence-corrected chi connectivity index (χ3v) is 1.90. The zero-order valence-corrected chi connectivity index (χ0v) is 10.7. The molecule has 0 spiro atoms. The largest absolute Gasteiger partial charge is 0.389 e. The van der Waals surface area contributed by atoms with E-state index in [0.717, 1.165) is 0 Å². The molecule has 5 nitrogen and oxygen atoms in total. The average molecular weight is 232 g/mol. The second-order valence-corrected chi connectivity index (χ2v) is 4.70. The van der Waals surface area contributed by atoms with Crippen LogP contribution in [-0.2, 0) is 9.53 Å². The van der Waals surface area contributed by atoms with Crippen molar-refractivity contribution in [3.8, 4) is 0 Å². The molecule has 0 aliphatic heterocycles. The molecule has 0 aliphatic rings. The molecule has 0 saturated carbocycles. The van der Waals surface area contributed by atoms with Crippen LogP contribution in [0.2, 0.25) is 0 Å². The minimum Gasteiger partial charge on any atom is -0.389 e. The van der Waals surface area contributed by atoms with E-state index in [1.54, 1.807) is 7.05 Å². The van der Waals surface area contributed by atoms with Crippen LogP contribution in [-0.4, -0.2) is 49.5 Å². The van der Waals surface area contributed by atoms with E-state index in [4.69, 9.17) is 4.74 Å². The maximum Gasteiger partial charge on any atom is 0.221 e. The number of aliphatic hydroxyl groups excluding tert-OH is 1. The maximum absolute atomic E-state index is 10.9. The summed E-state index contributed by atoms with van der Waals surface area (Å²) in [4.78, 5) is 10.9. The van der Waals surface area contributed by atoms with Crippen LogP contribution in [0.1, 0.15) is 27.2 Å². The molecule has 5 heteroatoms. The van der Waals surface area contributed by atoms with Crippen LogP contribution in [0.4, 0.5) is 0 Å². The maximum atomic E-state index is 10.9. The quantitative estimate of drug-likeness (QED) is 0.536. The molecule has 0 saturated heterocycles. The first kappa shape index (κ1) is 15.3. The summed E-state index contributed by atoms with van der Waals surface area (Å²) in [5, 5.41) is 15.1. The van der Waals surface area contributed by atoms with E-state index < -0.39 is 6.10 Å². The summed E-state index contributed by atoms with van der Waals surface area (Å²) < 4.78 is 5.42. The van der Waals surface area contributed by atoms with Crippen LogP contribution in [0.15, 0.2) is 0 Å². The zero-order valence-electron chi connectivity index (χ0n) is 10.7. The zero-order chi connectivity index (χ0) is 12.6. The van der Waals surface area contributed by atoms with Crippen LogP contribution in [0.5, 0.6) is 0 Å². The summed E-state index contributed by atoms with van der Waals surface area (Å²) >= 11 is 0. The SMILES string of the molecule is CNC(=O)CCNCC(O)COC(C)(C)C. The standard InChI is InChI=1S/C11H24N2O3/c1-11(2,3)16-8-9(14)7-13-6-5-10(15)12-4/h9,13-14H,5-8H2,1-4H3,(H,12,15). The number of ether oxygens (including phenoxy) is 1. The number of carbonyl (C=O) groups is 1. The fourth-order valence-electron chi connectivity index (χ4n) is 1.00. The van der Waals surface area contributed by atoms with Gasteiger partial charge in [0.1, 0.15) is 0 Å². The van der Waals surface area contributed by atoms with Gasteiger partial charge in [-0.3, -0.25) is 4.79 Å². The number of hydrogen-bond donors (Lipinski definition) is 3. The number of rotatable bonds is 7. The van der Waals surface area contributed by atoms with E-state index in [1.165, 1.54) is 0 Å². The molecule has 0 aromatic rings. The summed E-state index contributed by atoms with van der Waals surface area (Å²) in [5.74, 6) is -0.00655. The summed E-state index contributed by atoms with van der Waals surface area (Å²) in [7, 11) is 1.61. The number of nitrogens with one attached hydrogen (secondary N) is 2. The fraction of sp³-hybridized carbons (Fsp3) is 0.909. The van der Waals surface area contributed by atoms with Crippen molar-refractivity contribution < 1.29 is 14.6 Å². The highest BCUT2D eigenvalue weighted by Crippen LogP contribution is 2.06. The Kier molecular flexibility index (Phi) is 7.29. The lowest BCUT2D eigenvalue weighted by atomic mass is 10.2. The van der Waals surface area contributed by atoms with Gasteiger partial charge < -0.3 is 20.5 Å². The highest BCUT2D eigenvalue weighted by atomic mass is 16.5. The fourth-order valence-corrected chi connectivity index (χ4v) is 1.00. The molecule has 0 aromatic carbocycles. The summed E-state index contributed by atoms with van der Waals surface area (Å²) in [6.07, 6.45) is -0.118. The summed E-state index contributed by atoms with van der Waals surface area (Å²) in [6, 6.07) is 0. The van der Waals surface area contributed by atoms with Gasteiger partial charge in [0.15, 0.2) is 0 Å². The van der Waals surface area contributed by atoms with Crippen molar-refractivity contribution in [1.82, 2.24) is 10.6 Å². The summed E-state index contributed by atoms with van der Waals surface area (Å²) in [5.41, 5.74) is -0.233. The Bertz CT molecular complexity index is 202. The van der Waals surface area contributed by atoms with Crippen LogP contribution in [0.3, 0.4) is 0 Å².